The maximum absolute atomic E-state index is 12.3. The van der Waals surface area contributed by atoms with Crippen molar-refractivity contribution in [3.05, 3.63) is 77.7 Å². The lowest BCUT2D eigenvalue weighted by atomic mass is 10.2. The van der Waals surface area contributed by atoms with Gasteiger partial charge < -0.3 is 9.26 Å². The normalized spacial score (nSPS) is 11.1. The number of nitrogens with zero attached hydrogens (tertiary/aromatic N) is 1. The van der Waals surface area contributed by atoms with Gasteiger partial charge in [0.2, 0.25) is 0 Å². The van der Waals surface area contributed by atoms with Gasteiger partial charge in [-0.05, 0) is 43.3 Å². The average molecular weight is 372 g/mol. The summed E-state index contributed by atoms with van der Waals surface area (Å²) in [5.41, 5.74) is 1.20. The van der Waals surface area contributed by atoms with Gasteiger partial charge in [-0.1, -0.05) is 23.4 Å². The van der Waals surface area contributed by atoms with Crippen LogP contribution < -0.4 is 4.72 Å². The molecule has 8 heteroatoms. The summed E-state index contributed by atoms with van der Waals surface area (Å²) in [6.45, 7) is 1.72. The van der Waals surface area contributed by atoms with E-state index in [0.29, 0.717) is 17.1 Å². The molecule has 0 radical (unpaired) electrons. The minimum absolute atomic E-state index is 0.0220. The van der Waals surface area contributed by atoms with Crippen molar-refractivity contribution >= 4 is 21.7 Å². The highest BCUT2D eigenvalue weighted by atomic mass is 32.2. The van der Waals surface area contributed by atoms with E-state index in [0.717, 1.165) is 0 Å². The van der Waals surface area contributed by atoms with Gasteiger partial charge in [0, 0.05) is 11.8 Å². The zero-order valence-electron chi connectivity index (χ0n) is 13.9. The molecule has 7 nitrogen and oxygen atoms in total. The number of benzene rings is 2. The highest BCUT2D eigenvalue weighted by molar-refractivity contribution is 7.92. The molecule has 3 aromatic rings. The molecule has 3 rings (SSSR count). The van der Waals surface area contributed by atoms with E-state index >= 15 is 0 Å². The van der Waals surface area contributed by atoms with Crippen LogP contribution in [0.1, 0.15) is 21.8 Å². The van der Waals surface area contributed by atoms with E-state index < -0.39 is 16.0 Å². The molecule has 0 bridgehead atoms. The zero-order chi connectivity index (χ0) is 18.6. The molecule has 1 aromatic heterocycles. The highest BCUT2D eigenvalue weighted by Crippen LogP contribution is 2.17. The van der Waals surface area contributed by atoms with E-state index in [1.54, 1.807) is 43.3 Å². The summed E-state index contributed by atoms with van der Waals surface area (Å²) in [6.07, 6.45) is 0. The number of carbonyl (C=O) groups excluding carboxylic acids is 1. The van der Waals surface area contributed by atoms with E-state index in [1.165, 1.54) is 24.3 Å². The van der Waals surface area contributed by atoms with Crippen LogP contribution in [-0.2, 0) is 21.4 Å². The van der Waals surface area contributed by atoms with Crippen molar-refractivity contribution in [2.75, 3.05) is 4.72 Å². The van der Waals surface area contributed by atoms with Crippen molar-refractivity contribution in [1.29, 1.82) is 0 Å². The summed E-state index contributed by atoms with van der Waals surface area (Å²) in [5.74, 6) is 0.0437. The summed E-state index contributed by atoms with van der Waals surface area (Å²) in [4.78, 5) is 12.1. The lowest BCUT2D eigenvalue weighted by Crippen LogP contribution is -2.13. The van der Waals surface area contributed by atoms with Crippen LogP contribution >= 0.6 is 0 Å². The first kappa shape index (κ1) is 17.7. The second-order valence-electron chi connectivity index (χ2n) is 5.50. The number of aromatic nitrogens is 1. The summed E-state index contributed by atoms with van der Waals surface area (Å²) in [6, 6.07) is 15.7. The van der Waals surface area contributed by atoms with Crippen molar-refractivity contribution in [2.45, 2.75) is 18.4 Å². The molecule has 0 saturated heterocycles. The molecule has 0 unspecified atom stereocenters. The van der Waals surface area contributed by atoms with Crippen molar-refractivity contribution in [3.8, 4) is 0 Å². The second-order valence-corrected chi connectivity index (χ2v) is 7.18. The second kappa shape index (κ2) is 7.40. The van der Waals surface area contributed by atoms with E-state index in [9.17, 15) is 13.2 Å². The third kappa shape index (κ3) is 4.28. The van der Waals surface area contributed by atoms with Crippen molar-refractivity contribution in [3.63, 3.8) is 0 Å². The topological polar surface area (TPSA) is 98.5 Å². The van der Waals surface area contributed by atoms with Gasteiger partial charge >= 0.3 is 5.97 Å². The van der Waals surface area contributed by atoms with Crippen LogP contribution in [0.4, 0.5) is 5.69 Å². The number of aryl methyl sites for hydroxylation is 1. The monoisotopic (exact) mass is 372 g/mol. The van der Waals surface area contributed by atoms with Crippen LogP contribution in [0.2, 0.25) is 0 Å². The molecule has 0 saturated carbocycles. The Morgan fingerprint density at radius 2 is 1.81 bits per heavy atom. The standard InChI is InChI=1S/C18H16N2O5S/c1-13-11-16(19-25-13)12-24-18(21)14-7-9-17(10-8-14)26(22,23)20-15-5-3-2-4-6-15/h2-11,20H,12H2,1H3. The van der Waals surface area contributed by atoms with Crippen LogP contribution in [0.5, 0.6) is 0 Å². The van der Waals surface area contributed by atoms with E-state index in [4.69, 9.17) is 9.26 Å². The maximum Gasteiger partial charge on any atom is 0.338 e. The summed E-state index contributed by atoms with van der Waals surface area (Å²) in [5, 5.41) is 3.73. The smallest absolute Gasteiger partial charge is 0.338 e. The number of para-hydroxylation sites is 1. The Morgan fingerprint density at radius 3 is 2.42 bits per heavy atom. The fourth-order valence-electron chi connectivity index (χ4n) is 2.20. The number of anilines is 1. The molecule has 0 aliphatic rings. The first-order valence-corrected chi connectivity index (χ1v) is 9.19. The van der Waals surface area contributed by atoms with Gasteiger partial charge in [-0.2, -0.15) is 0 Å². The molecule has 0 atom stereocenters. The molecular weight excluding hydrogens is 356 g/mol. The number of sulfonamides is 1. The first-order chi connectivity index (χ1) is 12.4. The quantitative estimate of drug-likeness (QED) is 0.668. The fourth-order valence-corrected chi connectivity index (χ4v) is 3.26. The van der Waals surface area contributed by atoms with Gasteiger partial charge in [0.05, 0.1) is 10.5 Å². The van der Waals surface area contributed by atoms with Crippen LogP contribution in [0, 0.1) is 6.92 Å². The SMILES string of the molecule is Cc1cc(COC(=O)c2ccc(S(=O)(=O)Nc3ccccc3)cc2)no1. The molecule has 134 valence electrons. The third-order valence-corrected chi connectivity index (χ3v) is 4.85. The molecule has 1 N–H and O–H groups in total. The van der Waals surface area contributed by atoms with E-state index in [2.05, 4.69) is 9.88 Å². The fraction of sp³-hybridized carbons (Fsp3) is 0.111. The zero-order valence-corrected chi connectivity index (χ0v) is 14.7. The van der Waals surface area contributed by atoms with Gasteiger partial charge in [0.1, 0.15) is 18.1 Å². The van der Waals surface area contributed by atoms with E-state index in [-0.39, 0.29) is 17.1 Å². The van der Waals surface area contributed by atoms with Gasteiger partial charge in [-0.15, -0.1) is 0 Å². The molecule has 0 aliphatic carbocycles. The van der Waals surface area contributed by atoms with Crippen molar-refractivity contribution in [2.24, 2.45) is 0 Å². The molecule has 1 heterocycles. The Bertz CT molecular complexity index is 996. The number of nitrogens with one attached hydrogen (secondary N) is 1. The molecule has 0 fully saturated rings. The molecular formula is C18H16N2O5S. The van der Waals surface area contributed by atoms with Crippen LogP contribution in [0.25, 0.3) is 0 Å². The van der Waals surface area contributed by atoms with Crippen LogP contribution in [-0.4, -0.2) is 19.5 Å². The largest absolute Gasteiger partial charge is 0.455 e. The molecule has 0 aliphatic heterocycles. The van der Waals surface area contributed by atoms with Gasteiger partial charge in [-0.25, -0.2) is 13.2 Å². The Balaban J connectivity index is 1.66. The molecule has 0 amide bonds. The van der Waals surface area contributed by atoms with Crippen molar-refractivity contribution in [1.82, 2.24) is 5.16 Å². The predicted octanol–water partition coefficient (Wildman–Crippen LogP) is 3.14. The third-order valence-electron chi connectivity index (χ3n) is 3.45. The minimum atomic E-state index is -3.73. The lowest BCUT2D eigenvalue weighted by Gasteiger charge is -2.08. The summed E-state index contributed by atoms with van der Waals surface area (Å²) < 4.78 is 37.2. The molecule has 2 aromatic carbocycles. The van der Waals surface area contributed by atoms with Crippen LogP contribution in [0.3, 0.4) is 0 Å². The molecule has 26 heavy (non-hydrogen) atoms. The highest BCUT2D eigenvalue weighted by Gasteiger charge is 2.16. The van der Waals surface area contributed by atoms with Gasteiger partial charge in [0.25, 0.3) is 10.0 Å². The predicted molar refractivity (Wildman–Crippen MR) is 94.1 cm³/mol. The van der Waals surface area contributed by atoms with E-state index in [1.807, 2.05) is 0 Å². The first-order valence-electron chi connectivity index (χ1n) is 7.71. The average Bonchev–Trinajstić information content (AvgIpc) is 3.05. The Morgan fingerprint density at radius 1 is 1.12 bits per heavy atom. The maximum atomic E-state index is 12.3. The summed E-state index contributed by atoms with van der Waals surface area (Å²) in [7, 11) is -3.73. The number of carbonyl (C=O) groups is 1. The lowest BCUT2D eigenvalue weighted by molar-refractivity contribution is 0.0464. The Labute approximate surface area is 150 Å². The van der Waals surface area contributed by atoms with Gasteiger partial charge in [-0.3, -0.25) is 4.72 Å². The minimum Gasteiger partial charge on any atom is -0.455 e. The van der Waals surface area contributed by atoms with Gasteiger partial charge in [0.15, 0.2) is 0 Å². The Kier molecular flexibility index (Phi) is 5.04. The number of rotatable bonds is 6. The van der Waals surface area contributed by atoms with Crippen molar-refractivity contribution < 1.29 is 22.5 Å². The number of esters is 1. The molecule has 0 spiro atoms. The Hall–Kier alpha value is -3.13. The summed E-state index contributed by atoms with van der Waals surface area (Å²) >= 11 is 0. The number of hydrogen-bond acceptors (Lipinski definition) is 6. The number of hydrogen-bond donors (Lipinski definition) is 1. The van der Waals surface area contributed by atoms with Crippen LogP contribution in [0.15, 0.2) is 70.1 Å². The number of ether oxygens (including phenoxy) is 1.